The van der Waals surface area contributed by atoms with Crippen molar-refractivity contribution in [2.45, 2.75) is 0 Å². The first-order chi connectivity index (χ1) is 19.2. The van der Waals surface area contributed by atoms with Crippen molar-refractivity contribution in [3.8, 4) is 33.9 Å². The van der Waals surface area contributed by atoms with Crippen LogP contribution in [0.25, 0.3) is 72.4 Å². The van der Waals surface area contributed by atoms with E-state index in [1.54, 1.807) is 6.08 Å². The number of pyridine rings is 1. The molecular weight excluding hydrogens is 476 g/mol. The first-order valence-corrected chi connectivity index (χ1v) is 12.9. The zero-order valence-corrected chi connectivity index (χ0v) is 21.3. The molecule has 0 amide bonds. The van der Waals surface area contributed by atoms with Gasteiger partial charge in [-0.25, -0.2) is 4.98 Å². The monoisotopic (exact) mass is 500 g/mol. The van der Waals surface area contributed by atoms with Crippen LogP contribution in [0.2, 0.25) is 0 Å². The normalized spacial score (nSPS) is 11.3. The van der Waals surface area contributed by atoms with Gasteiger partial charge in [-0.15, -0.1) is 0 Å². The van der Waals surface area contributed by atoms with E-state index in [2.05, 4.69) is 121 Å². The summed E-state index contributed by atoms with van der Waals surface area (Å²) in [6.45, 7) is 7.70. The SMILES string of the molecule is C=Cc1ccc2ccc(-c3ccc(-c4ccc(-c5cccc6ccccc56)o4)c4ccccc34)nc2c1N=C. The minimum atomic E-state index is 0.752. The van der Waals surface area contributed by atoms with Crippen LogP contribution in [0.4, 0.5) is 5.69 Å². The molecule has 7 rings (SSSR count). The van der Waals surface area contributed by atoms with Crippen LogP contribution in [0, 0.1) is 0 Å². The third-order valence-corrected chi connectivity index (χ3v) is 7.37. The number of aromatic nitrogens is 1. The summed E-state index contributed by atoms with van der Waals surface area (Å²) < 4.78 is 6.49. The molecule has 0 fully saturated rings. The van der Waals surface area contributed by atoms with Gasteiger partial charge in [0.05, 0.1) is 16.9 Å². The molecule has 0 unspecified atom stereocenters. The molecule has 7 aromatic rings. The Kier molecular flexibility index (Phi) is 5.42. The standard InChI is InChI=1S/C36H24N2O/c1-3-23-15-16-25-17-20-32(38-36(25)35(23)37-2)29-18-19-31(28-13-7-6-12-27(28)29)34-22-21-33(39-34)30-14-8-10-24-9-4-5-11-26(24)30/h3-22H,1-2H2. The van der Waals surface area contributed by atoms with Gasteiger partial charge < -0.3 is 4.42 Å². The van der Waals surface area contributed by atoms with Crippen LogP contribution in [0.5, 0.6) is 0 Å². The smallest absolute Gasteiger partial charge is 0.135 e. The van der Waals surface area contributed by atoms with Crippen LogP contribution in [0.1, 0.15) is 5.56 Å². The summed E-state index contributed by atoms with van der Waals surface area (Å²) in [4.78, 5) is 9.32. The number of benzene rings is 5. The van der Waals surface area contributed by atoms with E-state index in [-0.39, 0.29) is 0 Å². The molecule has 0 atom stereocenters. The molecule has 2 aromatic heterocycles. The molecule has 0 aliphatic heterocycles. The number of furan rings is 1. The Labute approximate surface area is 226 Å². The molecule has 3 nitrogen and oxygen atoms in total. The van der Waals surface area contributed by atoms with Gasteiger partial charge in [-0.1, -0.05) is 104 Å². The van der Waals surface area contributed by atoms with Gasteiger partial charge in [-0.2, -0.15) is 0 Å². The molecule has 0 radical (unpaired) electrons. The first-order valence-electron chi connectivity index (χ1n) is 12.9. The fourth-order valence-electron chi connectivity index (χ4n) is 5.48. The quantitative estimate of drug-likeness (QED) is 0.221. The summed E-state index contributed by atoms with van der Waals surface area (Å²) in [6, 6.07) is 39.7. The molecule has 0 bridgehead atoms. The highest BCUT2D eigenvalue weighted by Gasteiger charge is 2.15. The van der Waals surface area contributed by atoms with Crippen LogP contribution < -0.4 is 0 Å². The van der Waals surface area contributed by atoms with Crippen molar-refractivity contribution in [3.05, 3.63) is 127 Å². The van der Waals surface area contributed by atoms with Crippen molar-refractivity contribution in [3.63, 3.8) is 0 Å². The van der Waals surface area contributed by atoms with Crippen molar-refractivity contribution in [2.24, 2.45) is 4.99 Å². The summed E-state index contributed by atoms with van der Waals surface area (Å²) in [5, 5.41) is 5.61. The lowest BCUT2D eigenvalue weighted by Gasteiger charge is -2.12. The fourth-order valence-corrected chi connectivity index (χ4v) is 5.48. The van der Waals surface area contributed by atoms with Crippen molar-refractivity contribution in [1.82, 2.24) is 4.98 Å². The average Bonchev–Trinajstić information content (AvgIpc) is 3.49. The molecule has 3 heteroatoms. The van der Waals surface area contributed by atoms with E-state index in [1.807, 2.05) is 12.1 Å². The fraction of sp³-hybridized carbons (Fsp3) is 0. The molecule has 0 aliphatic carbocycles. The Morgan fingerprint density at radius 1 is 0.590 bits per heavy atom. The minimum absolute atomic E-state index is 0.752. The van der Waals surface area contributed by atoms with Gasteiger partial charge in [0.25, 0.3) is 0 Å². The number of nitrogens with zero attached hydrogens (tertiary/aromatic N) is 2. The first kappa shape index (κ1) is 22.9. The zero-order valence-electron chi connectivity index (χ0n) is 21.3. The molecule has 2 heterocycles. The Balaban J connectivity index is 1.37. The number of hydrogen-bond acceptors (Lipinski definition) is 3. The molecule has 0 saturated heterocycles. The van der Waals surface area contributed by atoms with Gasteiger partial charge in [0.15, 0.2) is 0 Å². The van der Waals surface area contributed by atoms with Crippen LogP contribution in [-0.2, 0) is 0 Å². The highest BCUT2D eigenvalue weighted by atomic mass is 16.3. The molecule has 184 valence electrons. The minimum Gasteiger partial charge on any atom is -0.456 e. The lowest BCUT2D eigenvalue weighted by atomic mass is 9.96. The molecular formula is C36H24N2O. The third kappa shape index (κ3) is 3.75. The largest absolute Gasteiger partial charge is 0.456 e. The van der Waals surface area contributed by atoms with Gasteiger partial charge in [0.2, 0.25) is 0 Å². The second-order valence-electron chi connectivity index (χ2n) is 9.53. The molecule has 5 aromatic carbocycles. The van der Waals surface area contributed by atoms with E-state index < -0.39 is 0 Å². The van der Waals surface area contributed by atoms with Gasteiger partial charge in [-0.05, 0) is 52.5 Å². The highest BCUT2D eigenvalue weighted by Crippen LogP contribution is 2.39. The van der Waals surface area contributed by atoms with Gasteiger partial charge in [0.1, 0.15) is 11.5 Å². The molecule has 39 heavy (non-hydrogen) atoms. The Hall–Kier alpha value is -5.28. The van der Waals surface area contributed by atoms with Gasteiger partial charge in [-0.3, -0.25) is 4.99 Å². The maximum absolute atomic E-state index is 6.49. The molecule has 0 saturated carbocycles. The second kappa shape index (κ2) is 9.23. The summed E-state index contributed by atoms with van der Waals surface area (Å²) in [7, 11) is 0. The number of hydrogen-bond donors (Lipinski definition) is 0. The average molecular weight is 501 g/mol. The van der Waals surface area contributed by atoms with E-state index in [9.17, 15) is 0 Å². The zero-order chi connectivity index (χ0) is 26.3. The van der Waals surface area contributed by atoms with Crippen LogP contribution in [0.15, 0.2) is 131 Å². The van der Waals surface area contributed by atoms with Crippen molar-refractivity contribution in [2.75, 3.05) is 0 Å². The second-order valence-corrected chi connectivity index (χ2v) is 9.53. The van der Waals surface area contributed by atoms with Gasteiger partial charge in [0, 0.05) is 27.6 Å². The Morgan fingerprint density at radius 2 is 1.23 bits per heavy atom. The van der Waals surface area contributed by atoms with Crippen LogP contribution >= 0.6 is 0 Å². The summed E-state index contributed by atoms with van der Waals surface area (Å²) >= 11 is 0. The van der Waals surface area contributed by atoms with E-state index >= 15 is 0 Å². The van der Waals surface area contributed by atoms with Crippen molar-refractivity contribution in [1.29, 1.82) is 0 Å². The highest BCUT2D eigenvalue weighted by molar-refractivity contribution is 6.05. The topological polar surface area (TPSA) is 38.4 Å². The number of rotatable bonds is 5. The summed E-state index contributed by atoms with van der Waals surface area (Å²) in [5.41, 5.74) is 6.56. The van der Waals surface area contributed by atoms with Crippen molar-refractivity contribution >= 4 is 50.9 Å². The molecule has 0 N–H and O–H groups in total. The van der Waals surface area contributed by atoms with Crippen molar-refractivity contribution < 1.29 is 4.42 Å². The lowest BCUT2D eigenvalue weighted by Crippen LogP contribution is -1.90. The lowest BCUT2D eigenvalue weighted by molar-refractivity contribution is 0.598. The number of fused-ring (bicyclic) bond motifs is 3. The van der Waals surface area contributed by atoms with E-state index in [0.29, 0.717) is 0 Å². The van der Waals surface area contributed by atoms with E-state index in [0.717, 1.165) is 66.8 Å². The number of aliphatic imine (C=N–C) groups is 1. The van der Waals surface area contributed by atoms with E-state index in [4.69, 9.17) is 9.40 Å². The molecule has 0 aliphatic rings. The van der Waals surface area contributed by atoms with Gasteiger partial charge >= 0.3 is 0 Å². The molecule has 0 spiro atoms. The maximum Gasteiger partial charge on any atom is 0.135 e. The Bertz CT molecular complexity index is 2060. The van der Waals surface area contributed by atoms with Crippen LogP contribution in [0.3, 0.4) is 0 Å². The third-order valence-electron chi connectivity index (χ3n) is 7.37. The van der Waals surface area contributed by atoms with E-state index in [1.165, 1.54) is 10.8 Å². The predicted molar refractivity (Wildman–Crippen MR) is 165 cm³/mol. The summed E-state index contributed by atoms with van der Waals surface area (Å²) in [5.74, 6) is 1.69. The maximum atomic E-state index is 6.49. The van der Waals surface area contributed by atoms with Crippen LogP contribution in [-0.4, -0.2) is 11.7 Å². The summed E-state index contributed by atoms with van der Waals surface area (Å²) in [6.07, 6.45) is 1.79. The Morgan fingerprint density at radius 3 is 2.00 bits per heavy atom. The predicted octanol–water partition coefficient (Wildman–Crippen LogP) is 10.1.